The lowest BCUT2D eigenvalue weighted by Gasteiger charge is -2.14. The van der Waals surface area contributed by atoms with Gasteiger partial charge in [-0.1, -0.05) is 29.3 Å². The summed E-state index contributed by atoms with van der Waals surface area (Å²) in [6.07, 6.45) is 0.864. The summed E-state index contributed by atoms with van der Waals surface area (Å²) in [5.74, 6) is 0.0981. The fourth-order valence-electron chi connectivity index (χ4n) is 2.11. The summed E-state index contributed by atoms with van der Waals surface area (Å²) in [6, 6.07) is 5.40. The van der Waals surface area contributed by atoms with Gasteiger partial charge in [-0.05, 0) is 32.0 Å². The van der Waals surface area contributed by atoms with E-state index in [2.05, 4.69) is 5.32 Å². The Morgan fingerprint density at radius 3 is 2.81 bits per heavy atom. The molecule has 0 amide bonds. The minimum atomic E-state index is 0.0102. The van der Waals surface area contributed by atoms with Crippen molar-refractivity contribution in [2.24, 2.45) is 5.92 Å². The van der Waals surface area contributed by atoms with Crippen molar-refractivity contribution in [2.45, 2.75) is 19.4 Å². The van der Waals surface area contributed by atoms with Crippen LogP contribution in [0.4, 0.5) is 0 Å². The third kappa shape index (κ3) is 2.10. The molecule has 1 aliphatic heterocycles. The van der Waals surface area contributed by atoms with E-state index < -0.39 is 0 Å². The second-order valence-corrected chi connectivity index (χ2v) is 4.89. The Balaban J connectivity index is 2.30. The second-order valence-electron chi connectivity index (χ2n) is 4.10. The van der Waals surface area contributed by atoms with Crippen LogP contribution >= 0.6 is 23.2 Å². The lowest BCUT2D eigenvalue weighted by Crippen LogP contribution is -2.28. The number of carbonyl (C=O) groups is 1. The molecule has 0 radical (unpaired) electrons. The van der Waals surface area contributed by atoms with Gasteiger partial charge in [0, 0.05) is 17.5 Å². The van der Waals surface area contributed by atoms with E-state index in [4.69, 9.17) is 23.2 Å². The van der Waals surface area contributed by atoms with Gasteiger partial charge in [0.05, 0.1) is 10.0 Å². The first kappa shape index (κ1) is 11.9. The van der Waals surface area contributed by atoms with Gasteiger partial charge in [-0.2, -0.15) is 0 Å². The molecular weight excluding hydrogens is 245 g/mol. The molecule has 0 saturated carbocycles. The van der Waals surface area contributed by atoms with Crippen LogP contribution in [0.15, 0.2) is 18.2 Å². The third-order valence-electron chi connectivity index (χ3n) is 3.08. The second kappa shape index (κ2) is 4.74. The molecule has 1 heterocycles. The summed E-state index contributed by atoms with van der Waals surface area (Å²) >= 11 is 11.9. The predicted octanol–water partition coefficient (Wildman–Crippen LogP) is 3.17. The number of Topliss-reactive ketones (excluding diaryl/α,β-unsaturated/α-hetero) is 1. The topological polar surface area (TPSA) is 29.1 Å². The molecule has 2 unspecified atom stereocenters. The van der Waals surface area contributed by atoms with Gasteiger partial charge in [0.2, 0.25) is 0 Å². The third-order valence-corrected chi connectivity index (χ3v) is 3.90. The summed E-state index contributed by atoms with van der Waals surface area (Å²) in [5, 5.41) is 4.06. The van der Waals surface area contributed by atoms with E-state index >= 15 is 0 Å². The van der Waals surface area contributed by atoms with Gasteiger partial charge in [-0.15, -0.1) is 0 Å². The largest absolute Gasteiger partial charge is 0.313 e. The maximum absolute atomic E-state index is 12.2. The van der Waals surface area contributed by atoms with Gasteiger partial charge in [0.1, 0.15) is 0 Å². The Morgan fingerprint density at radius 2 is 2.19 bits per heavy atom. The number of benzene rings is 1. The summed E-state index contributed by atoms with van der Waals surface area (Å²) < 4.78 is 0. The van der Waals surface area contributed by atoms with E-state index in [1.807, 2.05) is 6.92 Å². The van der Waals surface area contributed by atoms with Crippen LogP contribution in [-0.2, 0) is 0 Å². The highest BCUT2D eigenvalue weighted by molar-refractivity contribution is 6.44. The van der Waals surface area contributed by atoms with Crippen molar-refractivity contribution in [1.82, 2.24) is 5.32 Å². The van der Waals surface area contributed by atoms with Gasteiger partial charge >= 0.3 is 0 Å². The molecule has 0 aromatic heterocycles. The number of ketones is 1. The predicted molar refractivity (Wildman–Crippen MR) is 66.4 cm³/mol. The zero-order chi connectivity index (χ0) is 11.7. The Hall–Kier alpha value is -0.570. The fraction of sp³-hybridized carbons (Fsp3) is 0.417. The average molecular weight is 258 g/mol. The van der Waals surface area contributed by atoms with Gasteiger partial charge < -0.3 is 5.32 Å². The van der Waals surface area contributed by atoms with Gasteiger partial charge in [0.15, 0.2) is 5.78 Å². The van der Waals surface area contributed by atoms with Crippen LogP contribution in [0.5, 0.6) is 0 Å². The zero-order valence-electron chi connectivity index (χ0n) is 8.97. The van der Waals surface area contributed by atoms with Gasteiger partial charge in [0.25, 0.3) is 0 Å². The molecular formula is C12H13Cl2NO. The summed E-state index contributed by atoms with van der Waals surface area (Å²) in [4.78, 5) is 12.2. The first-order valence-corrected chi connectivity index (χ1v) is 6.08. The maximum Gasteiger partial charge on any atom is 0.169 e. The lowest BCUT2D eigenvalue weighted by molar-refractivity contribution is 0.0914. The molecule has 0 spiro atoms. The summed E-state index contributed by atoms with van der Waals surface area (Å²) in [7, 11) is 0. The van der Waals surface area contributed by atoms with Crippen LogP contribution in [0, 0.1) is 5.92 Å². The van der Waals surface area contributed by atoms with Crippen LogP contribution < -0.4 is 5.32 Å². The van der Waals surface area contributed by atoms with E-state index in [9.17, 15) is 4.79 Å². The molecule has 1 saturated heterocycles. The van der Waals surface area contributed by atoms with Crippen LogP contribution in [0.2, 0.25) is 10.0 Å². The number of rotatable bonds is 2. The minimum absolute atomic E-state index is 0.0102. The molecule has 1 aromatic carbocycles. The van der Waals surface area contributed by atoms with E-state index in [0.29, 0.717) is 15.6 Å². The van der Waals surface area contributed by atoms with E-state index in [-0.39, 0.29) is 17.7 Å². The van der Waals surface area contributed by atoms with E-state index in [0.717, 1.165) is 13.0 Å². The van der Waals surface area contributed by atoms with E-state index in [1.54, 1.807) is 18.2 Å². The van der Waals surface area contributed by atoms with Crippen molar-refractivity contribution in [3.8, 4) is 0 Å². The normalized spacial score (nSPS) is 24.7. The van der Waals surface area contributed by atoms with Crippen molar-refractivity contribution in [1.29, 1.82) is 0 Å². The number of halogens is 2. The van der Waals surface area contributed by atoms with Gasteiger partial charge in [-0.25, -0.2) is 0 Å². The molecule has 1 aromatic rings. The molecule has 4 heteroatoms. The number of carbonyl (C=O) groups excluding carboxylic acids is 1. The molecule has 16 heavy (non-hydrogen) atoms. The maximum atomic E-state index is 12.2. The molecule has 1 fully saturated rings. The van der Waals surface area contributed by atoms with Crippen molar-refractivity contribution < 1.29 is 4.79 Å². The quantitative estimate of drug-likeness (QED) is 0.825. The summed E-state index contributed by atoms with van der Waals surface area (Å²) in [5.41, 5.74) is 0.537. The Labute approximate surface area is 105 Å². The molecule has 0 bridgehead atoms. The highest BCUT2D eigenvalue weighted by Crippen LogP contribution is 2.29. The highest BCUT2D eigenvalue weighted by Gasteiger charge is 2.31. The summed E-state index contributed by atoms with van der Waals surface area (Å²) in [6.45, 7) is 2.91. The van der Waals surface area contributed by atoms with Crippen molar-refractivity contribution in [3.63, 3.8) is 0 Å². The molecule has 0 aliphatic carbocycles. The van der Waals surface area contributed by atoms with E-state index in [1.165, 1.54) is 0 Å². The fourth-order valence-corrected chi connectivity index (χ4v) is 2.50. The Morgan fingerprint density at radius 1 is 1.44 bits per heavy atom. The van der Waals surface area contributed by atoms with Gasteiger partial charge in [-0.3, -0.25) is 4.79 Å². The molecule has 2 atom stereocenters. The van der Waals surface area contributed by atoms with Crippen molar-refractivity contribution in [3.05, 3.63) is 33.8 Å². The molecule has 2 rings (SSSR count). The monoisotopic (exact) mass is 257 g/mol. The first-order valence-electron chi connectivity index (χ1n) is 5.33. The van der Waals surface area contributed by atoms with Crippen LogP contribution in [-0.4, -0.2) is 18.4 Å². The van der Waals surface area contributed by atoms with Crippen molar-refractivity contribution >= 4 is 29.0 Å². The van der Waals surface area contributed by atoms with Crippen LogP contribution in [0.25, 0.3) is 0 Å². The zero-order valence-corrected chi connectivity index (χ0v) is 10.5. The molecule has 1 N–H and O–H groups in total. The smallest absolute Gasteiger partial charge is 0.169 e. The Kier molecular flexibility index (Phi) is 3.53. The minimum Gasteiger partial charge on any atom is -0.313 e. The SMILES string of the molecule is CC1NCCC1C(=O)c1cccc(Cl)c1Cl. The number of hydrogen-bond acceptors (Lipinski definition) is 2. The molecule has 1 aliphatic rings. The number of hydrogen-bond donors (Lipinski definition) is 1. The van der Waals surface area contributed by atoms with Crippen LogP contribution in [0.1, 0.15) is 23.7 Å². The van der Waals surface area contributed by atoms with Crippen LogP contribution in [0.3, 0.4) is 0 Å². The van der Waals surface area contributed by atoms with Crippen molar-refractivity contribution in [2.75, 3.05) is 6.54 Å². The standard InChI is InChI=1S/C12H13Cl2NO/c1-7-8(5-6-15-7)12(16)9-3-2-4-10(13)11(9)14/h2-4,7-8,15H,5-6H2,1H3. The highest BCUT2D eigenvalue weighted by atomic mass is 35.5. The first-order chi connectivity index (χ1) is 7.61. The molecule has 2 nitrogen and oxygen atoms in total. The number of nitrogens with one attached hydrogen (secondary N) is 1. The Bertz CT molecular complexity index is 419. The average Bonchev–Trinajstić information content (AvgIpc) is 2.68. The lowest BCUT2D eigenvalue weighted by atomic mass is 9.92. The molecule has 86 valence electrons.